The first-order valence-electron chi connectivity index (χ1n) is 7.49. The Hall–Kier alpha value is -1.00. The molecular weight excluding hydrogens is 386 g/mol. The minimum atomic E-state index is 0.226. The number of thiophene rings is 1. The minimum Gasteiger partial charge on any atom is -0.376 e. The van der Waals surface area contributed by atoms with Crippen molar-refractivity contribution < 1.29 is 4.74 Å². The Labute approximate surface area is 156 Å². The van der Waals surface area contributed by atoms with E-state index in [2.05, 4.69) is 30.4 Å². The summed E-state index contributed by atoms with van der Waals surface area (Å²) in [5, 5.41) is 15.8. The van der Waals surface area contributed by atoms with E-state index >= 15 is 0 Å². The third-order valence-electron chi connectivity index (χ3n) is 3.72. The second-order valence-electron chi connectivity index (χ2n) is 5.31. The van der Waals surface area contributed by atoms with Gasteiger partial charge in [0.2, 0.25) is 0 Å². The maximum Gasteiger partial charge on any atom is 0.191 e. The standard InChI is InChI=1S/C14H14ClN5OS3/c15-12-10(16-19-24-12)8-23-14-18-17-13(11-4-2-6-22-11)20(14)7-9-3-1-5-21-9/h2,4,6,9H,1,3,5,7-8H2/t9-/m0/s1. The van der Waals surface area contributed by atoms with Crippen LogP contribution in [0.5, 0.6) is 0 Å². The van der Waals surface area contributed by atoms with E-state index in [1.165, 1.54) is 11.5 Å². The average molecular weight is 400 g/mol. The van der Waals surface area contributed by atoms with Gasteiger partial charge in [-0.3, -0.25) is 4.57 Å². The van der Waals surface area contributed by atoms with Gasteiger partial charge in [-0.15, -0.1) is 26.6 Å². The molecule has 0 aliphatic carbocycles. The molecule has 126 valence electrons. The summed E-state index contributed by atoms with van der Waals surface area (Å²) < 4.78 is 12.5. The molecule has 10 heteroatoms. The van der Waals surface area contributed by atoms with Crippen LogP contribution >= 0.6 is 46.2 Å². The summed E-state index contributed by atoms with van der Waals surface area (Å²) in [7, 11) is 0. The molecule has 3 aromatic heterocycles. The summed E-state index contributed by atoms with van der Waals surface area (Å²) in [6.07, 6.45) is 2.42. The summed E-state index contributed by atoms with van der Waals surface area (Å²) in [6, 6.07) is 4.09. The van der Waals surface area contributed by atoms with E-state index in [1.54, 1.807) is 23.1 Å². The van der Waals surface area contributed by atoms with Gasteiger partial charge < -0.3 is 4.74 Å². The largest absolute Gasteiger partial charge is 0.376 e. The van der Waals surface area contributed by atoms with Crippen LogP contribution in [0.1, 0.15) is 18.5 Å². The zero-order chi connectivity index (χ0) is 16.4. The first-order chi connectivity index (χ1) is 11.8. The molecule has 0 N–H and O–H groups in total. The van der Waals surface area contributed by atoms with E-state index in [1.807, 2.05) is 11.4 Å². The molecule has 1 aliphatic heterocycles. The van der Waals surface area contributed by atoms with Gasteiger partial charge in [0.1, 0.15) is 10.0 Å². The molecule has 0 amide bonds. The highest BCUT2D eigenvalue weighted by atomic mass is 35.5. The fraction of sp³-hybridized carbons (Fsp3) is 0.429. The zero-order valence-corrected chi connectivity index (χ0v) is 15.8. The van der Waals surface area contributed by atoms with Gasteiger partial charge in [-0.05, 0) is 24.3 Å². The number of nitrogens with zero attached hydrogens (tertiary/aromatic N) is 5. The number of aromatic nitrogens is 5. The maximum atomic E-state index is 6.09. The molecule has 1 aliphatic rings. The molecule has 0 radical (unpaired) electrons. The van der Waals surface area contributed by atoms with Crippen LogP contribution in [0.3, 0.4) is 0 Å². The molecule has 0 aromatic carbocycles. The molecule has 4 rings (SSSR count). The van der Waals surface area contributed by atoms with E-state index in [0.717, 1.165) is 47.5 Å². The Morgan fingerprint density at radius 2 is 2.33 bits per heavy atom. The zero-order valence-electron chi connectivity index (χ0n) is 12.6. The van der Waals surface area contributed by atoms with Gasteiger partial charge in [0.25, 0.3) is 0 Å². The van der Waals surface area contributed by atoms with Gasteiger partial charge >= 0.3 is 0 Å². The average Bonchev–Trinajstić information content (AvgIpc) is 3.34. The fourth-order valence-corrected chi connectivity index (χ4v) is 4.95. The third-order valence-corrected chi connectivity index (χ3v) is 6.54. The van der Waals surface area contributed by atoms with Gasteiger partial charge in [0.05, 0.1) is 17.5 Å². The Bertz CT molecular complexity index is 797. The molecule has 24 heavy (non-hydrogen) atoms. The molecule has 0 saturated carbocycles. The maximum absolute atomic E-state index is 6.09. The molecule has 1 saturated heterocycles. The second kappa shape index (κ2) is 7.49. The van der Waals surface area contributed by atoms with Crippen LogP contribution in [0.2, 0.25) is 4.34 Å². The number of rotatable bonds is 6. The number of thioether (sulfide) groups is 1. The van der Waals surface area contributed by atoms with E-state index in [9.17, 15) is 0 Å². The van der Waals surface area contributed by atoms with E-state index in [4.69, 9.17) is 16.3 Å². The summed E-state index contributed by atoms with van der Waals surface area (Å²) in [5.74, 6) is 1.52. The van der Waals surface area contributed by atoms with Crippen molar-refractivity contribution in [2.75, 3.05) is 6.61 Å². The molecule has 1 atom stereocenters. The molecule has 3 aromatic rings. The van der Waals surface area contributed by atoms with Gasteiger partial charge in [0.15, 0.2) is 11.0 Å². The van der Waals surface area contributed by atoms with Crippen LogP contribution < -0.4 is 0 Å². The summed E-state index contributed by atoms with van der Waals surface area (Å²) in [5.41, 5.74) is 0.788. The van der Waals surface area contributed by atoms with Crippen molar-refractivity contribution in [3.05, 3.63) is 27.5 Å². The Morgan fingerprint density at radius 1 is 1.38 bits per heavy atom. The van der Waals surface area contributed by atoms with Crippen LogP contribution in [-0.4, -0.2) is 37.1 Å². The lowest BCUT2D eigenvalue weighted by Crippen LogP contribution is -2.16. The summed E-state index contributed by atoms with van der Waals surface area (Å²) in [4.78, 5) is 1.11. The quantitative estimate of drug-likeness (QED) is 0.584. The number of hydrogen-bond acceptors (Lipinski definition) is 8. The lowest BCUT2D eigenvalue weighted by Gasteiger charge is -2.14. The topological polar surface area (TPSA) is 65.7 Å². The molecule has 4 heterocycles. The van der Waals surface area contributed by atoms with Crippen molar-refractivity contribution in [2.45, 2.75) is 36.4 Å². The van der Waals surface area contributed by atoms with Gasteiger partial charge in [0, 0.05) is 23.9 Å². The van der Waals surface area contributed by atoms with E-state index in [-0.39, 0.29) is 6.10 Å². The molecule has 1 fully saturated rings. The minimum absolute atomic E-state index is 0.226. The molecule has 0 spiro atoms. The predicted molar refractivity (Wildman–Crippen MR) is 96.8 cm³/mol. The van der Waals surface area contributed by atoms with Crippen LogP contribution in [0.15, 0.2) is 22.7 Å². The third kappa shape index (κ3) is 3.50. The second-order valence-corrected chi connectivity index (χ2v) is 8.56. The van der Waals surface area contributed by atoms with Crippen LogP contribution in [0, 0.1) is 0 Å². The highest BCUT2D eigenvalue weighted by Crippen LogP contribution is 2.31. The lowest BCUT2D eigenvalue weighted by molar-refractivity contribution is 0.0953. The highest BCUT2D eigenvalue weighted by Gasteiger charge is 2.22. The number of ether oxygens (including phenoxy) is 1. The van der Waals surface area contributed by atoms with Gasteiger partial charge in [-0.1, -0.05) is 33.9 Å². The first-order valence-corrected chi connectivity index (χ1v) is 10.5. The predicted octanol–water partition coefficient (Wildman–Crippen LogP) is 3.98. The van der Waals surface area contributed by atoms with Crippen molar-refractivity contribution in [1.82, 2.24) is 24.4 Å². The van der Waals surface area contributed by atoms with E-state index in [0.29, 0.717) is 10.1 Å². The van der Waals surface area contributed by atoms with Crippen molar-refractivity contribution in [2.24, 2.45) is 0 Å². The number of halogens is 1. The number of hydrogen-bond donors (Lipinski definition) is 0. The Morgan fingerprint density at radius 3 is 3.04 bits per heavy atom. The van der Waals surface area contributed by atoms with Crippen molar-refractivity contribution in [1.29, 1.82) is 0 Å². The molecule has 0 unspecified atom stereocenters. The summed E-state index contributed by atoms with van der Waals surface area (Å²) >= 11 is 10.5. The lowest BCUT2D eigenvalue weighted by atomic mass is 10.2. The van der Waals surface area contributed by atoms with Gasteiger partial charge in [-0.2, -0.15) is 0 Å². The SMILES string of the molecule is Clc1snnc1CSc1nnc(-c2cccs2)n1C[C@@H]1CCCO1. The van der Waals surface area contributed by atoms with Crippen molar-refractivity contribution >= 4 is 46.2 Å². The monoisotopic (exact) mass is 399 g/mol. The van der Waals surface area contributed by atoms with E-state index < -0.39 is 0 Å². The normalized spacial score (nSPS) is 17.6. The molecule has 0 bridgehead atoms. The van der Waals surface area contributed by atoms with Crippen LogP contribution in [0.4, 0.5) is 0 Å². The Balaban J connectivity index is 1.59. The van der Waals surface area contributed by atoms with Crippen LogP contribution in [0.25, 0.3) is 10.7 Å². The van der Waals surface area contributed by atoms with Gasteiger partial charge in [-0.25, -0.2) is 0 Å². The van der Waals surface area contributed by atoms with Crippen LogP contribution in [-0.2, 0) is 17.0 Å². The first kappa shape index (κ1) is 16.5. The van der Waals surface area contributed by atoms with Crippen molar-refractivity contribution in [3.8, 4) is 10.7 Å². The fourth-order valence-electron chi connectivity index (χ4n) is 2.56. The molecular formula is C14H14ClN5OS3. The smallest absolute Gasteiger partial charge is 0.191 e. The Kier molecular flexibility index (Phi) is 5.14. The summed E-state index contributed by atoms with van der Waals surface area (Å²) in [6.45, 7) is 1.61. The highest BCUT2D eigenvalue weighted by molar-refractivity contribution is 7.98. The molecule has 6 nitrogen and oxygen atoms in total. The van der Waals surface area contributed by atoms with Crippen molar-refractivity contribution in [3.63, 3.8) is 0 Å².